The van der Waals surface area contributed by atoms with E-state index in [-0.39, 0.29) is 12.4 Å². The maximum absolute atomic E-state index is 12.5. The molecule has 2 aromatic rings. The lowest BCUT2D eigenvalue weighted by Gasteiger charge is -2.11. The molecular weight excluding hydrogens is 360 g/mol. The van der Waals surface area contributed by atoms with Gasteiger partial charge in [-0.05, 0) is 44.2 Å². The summed E-state index contributed by atoms with van der Waals surface area (Å²) in [4.78, 5) is 12.5. The summed E-state index contributed by atoms with van der Waals surface area (Å²) in [6.07, 6.45) is 1.49. The first kappa shape index (κ1) is 19.1. The van der Waals surface area contributed by atoms with Crippen molar-refractivity contribution in [2.45, 2.75) is 13.8 Å². The van der Waals surface area contributed by atoms with E-state index in [4.69, 9.17) is 18.9 Å². The van der Waals surface area contributed by atoms with E-state index in [1.807, 2.05) is 19.9 Å². The molecule has 0 saturated heterocycles. The third-order valence-electron chi connectivity index (χ3n) is 3.89. The summed E-state index contributed by atoms with van der Waals surface area (Å²) >= 11 is 0. The summed E-state index contributed by atoms with van der Waals surface area (Å²) in [6, 6.07) is 12.2. The van der Waals surface area contributed by atoms with E-state index in [9.17, 15) is 10.1 Å². The second-order valence-electron chi connectivity index (χ2n) is 5.76. The van der Waals surface area contributed by atoms with Crippen LogP contribution in [0.25, 0.3) is 6.08 Å². The molecule has 0 saturated carbocycles. The zero-order valence-corrected chi connectivity index (χ0v) is 15.7. The van der Waals surface area contributed by atoms with Gasteiger partial charge in [0.2, 0.25) is 6.79 Å². The number of rotatable bonds is 7. The average molecular weight is 380 g/mol. The van der Waals surface area contributed by atoms with Gasteiger partial charge in [0.25, 0.3) is 5.91 Å². The predicted molar refractivity (Wildman–Crippen MR) is 104 cm³/mol. The van der Waals surface area contributed by atoms with Crippen LogP contribution in [0.4, 0.5) is 5.69 Å². The molecule has 28 heavy (non-hydrogen) atoms. The fraction of sp³-hybridized carbons (Fsp3) is 0.238. The number of anilines is 1. The number of nitrogens with one attached hydrogen (secondary N) is 1. The van der Waals surface area contributed by atoms with E-state index in [1.165, 1.54) is 6.08 Å². The van der Waals surface area contributed by atoms with E-state index >= 15 is 0 Å². The Morgan fingerprint density at radius 3 is 2.68 bits per heavy atom. The molecule has 7 nitrogen and oxygen atoms in total. The van der Waals surface area contributed by atoms with Crippen LogP contribution in [0.3, 0.4) is 0 Å². The van der Waals surface area contributed by atoms with Crippen molar-refractivity contribution < 1.29 is 23.7 Å². The molecular formula is C21H20N2O5. The lowest BCUT2D eigenvalue weighted by Crippen LogP contribution is -2.13. The van der Waals surface area contributed by atoms with Crippen molar-refractivity contribution >= 4 is 17.7 Å². The third-order valence-corrected chi connectivity index (χ3v) is 3.89. The number of ether oxygens (including phenoxy) is 4. The first-order chi connectivity index (χ1) is 13.6. The summed E-state index contributed by atoms with van der Waals surface area (Å²) in [5.74, 6) is 1.83. The highest BCUT2D eigenvalue weighted by Crippen LogP contribution is 2.34. The minimum atomic E-state index is -0.530. The molecule has 1 N–H and O–H groups in total. The summed E-state index contributed by atoms with van der Waals surface area (Å²) in [7, 11) is 0. The van der Waals surface area contributed by atoms with Crippen molar-refractivity contribution in [3.05, 3.63) is 47.5 Å². The molecule has 1 amide bonds. The Hall–Kier alpha value is -3.66. The van der Waals surface area contributed by atoms with E-state index in [2.05, 4.69) is 5.32 Å². The zero-order valence-electron chi connectivity index (χ0n) is 15.7. The highest BCUT2D eigenvalue weighted by atomic mass is 16.7. The normalized spacial score (nSPS) is 12.2. The van der Waals surface area contributed by atoms with Crippen molar-refractivity contribution in [2.75, 3.05) is 25.3 Å². The number of fused-ring (bicyclic) bond motifs is 1. The van der Waals surface area contributed by atoms with Gasteiger partial charge in [0.05, 0.1) is 13.2 Å². The molecule has 0 aromatic heterocycles. The number of carbonyl (C=O) groups excluding carboxylic acids is 1. The van der Waals surface area contributed by atoms with Gasteiger partial charge in [-0.25, -0.2) is 0 Å². The number of hydrogen-bond donors (Lipinski definition) is 1. The van der Waals surface area contributed by atoms with Crippen LogP contribution in [0.5, 0.6) is 23.0 Å². The molecule has 144 valence electrons. The molecule has 0 spiro atoms. The van der Waals surface area contributed by atoms with Gasteiger partial charge in [0, 0.05) is 23.4 Å². The molecule has 0 unspecified atom stereocenters. The molecule has 3 rings (SSSR count). The van der Waals surface area contributed by atoms with Gasteiger partial charge in [-0.1, -0.05) is 0 Å². The molecule has 0 aliphatic carbocycles. The summed E-state index contributed by atoms with van der Waals surface area (Å²) < 4.78 is 21.6. The maximum Gasteiger partial charge on any atom is 0.266 e. The smallest absolute Gasteiger partial charge is 0.266 e. The van der Waals surface area contributed by atoms with Crippen LogP contribution in [-0.2, 0) is 4.79 Å². The van der Waals surface area contributed by atoms with Gasteiger partial charge in [0.1, 0.15) is 23.1 Å². The topological polar surface area (TPSA) is 89.8 Å². The fourth-order valence-electron chi connectivity index (χ4n) is 2.65. The van der Waals surface area contributed by atoms with Gasteiger partial charge in [-0.2, -0.15) is 5.26 Å². The molecule has 2 aromatic carbocycles. The quantitative estimate of drug-likeness (QED) is 0.581. The van der Waals surface area contributed by atoms with Crippen LogP contribution in [0.15, 0.2) is 42.0 Å². The van der Waals surface area contributed by atoms with Crippen molar-refractivity contribution in [2.24, 2.45) is 0 Å². The van der Waals surface area contributed by atoms with Crippen LogP contribution in [-0.4, -0.2) is 25.9 Å². The van der Waals surface area contributed by atoms with Crippen LogP contribution < -0.4 is 24.3 Å². The zero-order chi connectivity index (χ0) is 19.9. The van der Waals surface area contributed by atoms with Gasteiger partial charge in [-0.3, -0.25) is 4.79 Å². The molecule has 0 radical (unpaired) electrons. The monoisotopic (exact) mass is 380 g/mol. The Morgan fingerprint density at radius 1 is 1.14 bits per heavy atom. The predicted octanol–water partition coefficient (Wildman–Crippen LogP) is 3.76. The number of carbonyl (C=O) groups is 1. The standard InChI is InChI=1S/C21H20N2O5/c1-3-25-17-7-5-14(19(11-17)26-4-2)9-15(12-22)21(24)23-16-6-8-18-20(10-16)28-13-27-18/h5-11H,3-4,13H2,1-2H3,(H,23,24)/b15-9-. The van der Waals surface area contributed by atoms with Crippen LogP contribution >= 0.6 is 0 Å². The summed E-state index contributed by atoms with van der Waals surface area (Å²) in [5.41, 5.74) is 1.07. The maximum atomic E-state index is 12.5. The molecule has 7 heteroatoms. The SMILES string of the molecule is CCOc1ccc(/C=C(/C#N)C(=O)Nc2ccc3c(c2)OCO3)c(OCC)c1. The largest absolute Gasteiger partial charge is 0.494 e. The van der Waals surface area contributed by atoms with Crippen molar-refractivity contribution in [3.8, 4) is 29.1 Å². The van der Waals surface area contributed by atoms with Crippen molar-refractivity contribution in [3.63, 3.8) is 0 Å². The molecule has 0 fully saturated rings. The van der Waals surface area contributed by atoms with Crippen molar-refractivity contribution in [1.82, 2.24) is 0 Å². The number of nitrogens with zero attached hydrogens (tertiary/aromatic N) is 1. The number of hydrogen-bond acceptors (Lipinski definition) is 6. The van der Waals surface area contributed by atoms with Gasteiger partial charge in [-0.15, -0.1) is 0 Å². The lowest BCUT2D eigenvalue weighted by molar-refractivity contribution is -0.112. The lowest BCUT2D eigenvalue weighted by atomic mass is 10.1. The molecule has 1 heterocycles. The van der Waals surface area contributed by atoms with Gasteiger partial charge >= 0.3 is 0 Å². The van der Waals surface area contributed by atoms with Crippen LogP contribution in [0.1, 0.15) is 19.4 Å². The van der Waals surface area contributed by atoms with Crippen molar-refractivity contribution in [1.29, 1.82) is 5.26 Å². The van der Waals surface area contributed by atoms with Gasteiger partial charge in [0.15, 0.2) is 11.5 Å². The Balaban J connectivity index is 1.83. The molecule has 0 atom stereocenters. The summed E-state index contributed by atoms with van der Waals surface area (Å²) in [6.45, 7) is 4.87. The number of nitriles is 1. The summed E-state index contributed by atoms with van der Waals surface area (Å²) in [5, 5.41) is 12.2. The second-order valence-corrected chi connectivity index (χ2v) is 5.76. The molecule has 1 aliphatic heterocycles. The number of benzene rings is 2. The van der Waals surface area contributed by atoms with E-state index in [1.54, 1.807) is 36.4 Å². The Labute approximate surface area is 163 Å². The Morgan fingerprint density at radius 2 is 1.93 bits per heavy atom. The van der Waals surface area contributed by atoms with E-state index < -0.39 is 5.91 Å². The number of amides is 1. The Bertz CT molecular complexity index is 946. The fourth-order valence-corrected chi connectivity index (χ4v) is 2.65. The third kappa shape index (κ3) is 4.35. The average Bonchev–Trinajstić information content (AvgIpc) is 3.15. The first-order valence-electron chi connectivity index (χ1n) is 8.87. The van der Waals surface area contributed by atoms with Crippen LogP contribution in [0, 0.1) is 11.3 Å². The Kier molecular flexibility index (Phi) is 6.02. The van der Waals surface area contributed by atoms with Crippen LogP contribution in [0.2, 0.25) is 0 Å². The highest BCUT2D eigenvalue weighted by Gasteiger charge is 2.16. The second kappa shape index (κ2) is 8.82. The highest BCUT2D eigenvalue weighted by molar-refractivity contribution is 6.10. The van der Waals surface area contributed by atoms with E-state index in [0.717, 1.165) is 0 Å². The minimum Gasteiger partial charge on any atom is -0.494 e. The molecule has 1 aliphatic rings. The van der Waals surface area contributed by atoms with E-state index in [0.29, 0.717) is 47.5 Å². The molecule has 0 bridgehead atoms. The minimum absolute atomic E-state index is 0.0530. The van der Waals surface area contributed by atoms with Gasteiger partial charge < -0.3 is 24.3 Å². The first-order valence-corrected chi connectivity index (χ1v) is 8.87.